The smallest absolute Gasteiger partial charge is 0.310 e. The number of ketones is 2. The Labute approximate surface area is 203 Å². The Bertz CT molecular complexity index is 1050. The fraction of sp³-hybridized carbons (Fsp3) is 0.731. The van der Waals surface area contributed by atoms with E-state index in [1.807, 2.05) is 0 Å². The van der Waals surface area contributed by atoms with E-state index in [0.717, 1.165) is 0 Å². The van der Waals surface area contributed by atoms with Crippen LogP contribution in [0, 0.1) is 22.7 Å². The average Bonchev–Trinajstić information content (AvgIpc) is 3.22. The fourth-order valence-electron chi connectivity index (χ4n) is 8.25. The molecule has 9 heteroatoms. The highest BCUT2D eigenvalue weighted by molar-refractivity contribution is 6.01. The third-order valence-corrected chi connectivity index (χ3v) is 9.82. The molecule has 4 fully saturated rings. The lowest BCUT2D eigenvalue weighted by molar-refractivity contribution is -0.252. The molecule has 0 bridgehead atoms. The number of hydrogen-bond acceptors (Lipinski definition) is 8. The molecule has 0 amide bonds. The molecular formula is C26H33FO8. The predicted octanol–water partition coefficient (Wildman–Crippen LogP) is 1.96. The van der Waals surface area contributed by atoms with Crippen LogP contribution in [0.25, 0.3) is 0 Å². The summed E-state index contributed by atoms with van der Waals surface area (Å²) in [6.45, 7) is 4.27. The van der Waals surface area contributed by atoms with Crippen LogP contribution in [0.4, 0.5) is 4.39 Å². The molecule has 2 N–H and O–H groups in total. The van der Waals surface area contributed by atoms with Gasteiger partial charge in [0.25, 0.3) is 0 Å². The summed E-state index contributed by atoms with van der Waals surface area (Å²) >= 11 is 0. The van der Waals surface area contributed by atoms with Crippen LogP contribution in [0.1, 0.15) is 52.9 Å². The maximum atomic E-state index is 17.3. The van der Waals surface area contributed by atoms with Gasteiger partial charge in [-0.2, -0.15) is 0 Å². The second kappa shape index (κ2) is 7.54. The number of allylic oxidation sites excluding steroid dienone is 4. The van der Waals surface area contributed by atoms with Crippen molar-refractivity contribution in [2.24, 2.45) is 22.7 Å². The van der Waals surface area contributed by atoms with Crippen molar-refractivity contribution in [1.82, 2.24) is 0 Å². The summed E-state index contributed by atoms with van der Waals surface area (Å²) in [5, 5.41) is 21.4. The topological polar surface area (TPSA) is 119 Å². The molecule has 0 unspecified atom stereocenters. The number of esters is 1. The number of carbonyl (C=O) groups is 3. The van der Waals surface area contributed by atoms with Crippen molar-refractivity contribution in [3.8, 4) is 0 Å². The lowest BCUT2D eigenvalue weighted by Crippen LogP contribution is -2.70. The van der Waals surface area contributed by atoms with Crippen molar-refractivity contribution in [2.45, 2.75) is 82.1 Å². The van der Waals surface area contributed by atoms with Crippen molar-refractivity contribution in [3.05, 3.63) is 23.8 Å². The summed E-state index contributed by atoms with van der Waals surface area (Å²) in [5.74, 6) is -3.88. The highest BCUT2D eigenvalue weighted by Gasteiger charge is 2.80. The Morgan fingerprint density at radius 2 is 1.97 bits per heavy atom. The lowest BCUT2D eigenvalue weighted by atomic mass is 9.44. The highest BCUT2D eigenvalue weighted by atomic mass is 19.1. The first kappa shape index (κ1) is 24.7. The molecule has 0 aromatic heterocycles. The van der Waals surface area contributed by atoms with E-state index in [9.17, 15) is 24.6 Å². The summed E-state index contributed by atoms with van der Waals surface area (Å²) in [6.07, 6.45) is 2.93. The average molecular weight is 493 g/mol. The van der Waals surface area contributed by atoms with E-state index in [-0.39, 0.29) is 25.0 Å². The number of alkyl halides is 1. The molecule has 3 saturated carbocycles. The molecule has 5 rings (SSSR count). The minimum atomic E-state index is -2.06. The van der Waals surface area contributed by atoms with E-state index in [1.165, 1.54) is 19.3 Å². The molecule has 35 heavy (non-hydrogen) atoms. The van der Waals surface area contributed by atoms with Crippen molar-refractivity contribution in [3.63, 3.8) is 0 Å². The number of fused-ring (bicyclic) bond motifs is 7. The molecule has 4 aliphatic carbocycles. The van der Waals surface area contributed by atoms with Gasteiger partial charge in [0, 0.05) is 16.7 Å². The van der Waals surface area contributed by atoms with Crippen molar-refractivity contribution in [2.75, 3.05) is 13.7 Å². The Kier molecular flexibility index (Phi) is 5.33. The largest absolute Gasteiger partial charge is 0.469 e. The second-order valence-corrected chi connectivity index (χ2v) is 11.4. The summed E-state index contributed by atoms with van der Waals surface area (Å²) in [6, 6.07) is 0. The van der Waals surface area contributed by atoms with E-state index < -0.39 is 70.3 Å². The number of Topliss-reactive ketones (excluding diaryl/α,β-unsaturated/α-hetero) is 1. The van der Waals surface area contributed by atoms with Crippen LogP contribution in [0.2, 0.25) is 0 Å². The number of aliphatic hydroxyl groups is 2. The SMILES string of the molecule is COC(=O)C[C@]1(C)O[C@@H]2C[C@H]3[C@@H]4CCC5=CC(=O)C=C[C@]5(C)[C@@]4(F)[C@@H](O)C[C@]3(C)[C@]2(C(=O)CO)O1. The molecular weight excluding hydrogens is 459 g/mol. The number of hydrogen-bond donors (Lipinski definition) is 2. The van der Waals surface area contributed by atoms with Gasteiger partial charge in [-0.1, -0.05) is 18.6 Å². The number of ether oxygens (including phenoxy) is 3. The number of carbonyl (C=O) groups excluding carboxylic acids is 3. The van der Waals surface area contributed by atoms with E-state index in [4.69, 9.17) is 14.2 Å². The van der Waals surface area contributed by atoms with Gasteiger partial charge in [-0.3, -0.25) is 14.4 Å². The van der Waals surface area contributed by atoms with Crippen LogP contribution in [-0.2, 0) is 28.6 Å². The summed E-state index contributed by atoms with van der Waals surface area (Å²) in [7, 11) is 1.24. The molecule has 0 aromatic carbocycles. The maximum absolute atomic E-state index is 17.3. The minimum Gasteiger partial charge on any atom is -0.469 e. The summed E-state index contributed by atoms with van der Waals surface area (Å²) in [4.78, 5) is 37.4. The first-order chi connectivity index (χ1) is 16.3. The first-order valence-electron chi connectivity index (χ1n) is 12.2. The molecule has 5 aliphatic rings. The number of methoxy groups -OCH3 is 1. The number of aliphatic hydroxyl groups excluding tert-OH is 2. The quantitative estimate of drug-likeness (QED) is 0.572. The molecule has 192 valence electrons. The van der Waals surface area contributed by atoms with Crippen LogP contribution in [-0.4, -0.2) is 70.7 Å². The van der Waals surface area contributed by atoms with Crippen LogP contribution in [0.15, 0.2) is 23.8 Å². The number of halogens is 1. The summed E-state index contributed by atoms with van der Waals surface area (Å²) < 4.78 is 34.6. The van der Waals surface area contributed by atoms with Crippen LogP contribution in [0.5, 0.6) is 0 Å². The molecule has 0 radical (unpaired) electrons. The third kappa shape index (κ3) is 2.89. The lowest BCUT2D eigenvalue weighted by Gasteiger charge is -2.62. The molecule has 8 nitrogen and oxygen atoms in total. The Morgan fingerprint density at radius 1 is 1.26 bits per heavy atom. The zero-order chi connectivity index (χ0) is 25.6. The second-order valence-electron chi connectivity index (χ2n) is 11.4. The van der Waals surface area contributed by atoms with Crippen molar-refractivity contribution >= 4 is 17.5 Å². The van der Waals surface area contributed by atoms with Gasteiger partial charge in [0.05, 0.1) is 25.7 Å². The molecule has 0 spiro atoms. The van der Waals surface area contributed by atoms with Crippen molar-refractivity contribution in [1.29, 1.82) is 0 Å². The molecule has 0 aromatic rings. The zero-order valence-electron chi connectivity index (χ0n) is 20.5. The maximum Gasteiger partial charge on any atom is 0.310 e. The normalized spacial score (nSPS) is 50.0. The van der Waals surface area contributed by atoms with Gasteiger partial charge < -0.3 is 24.4 Å². The number of rotatable bonds is 4. The summed E-state index contributed by atoms with van der Waals surface area (Å²) in [5.41, 5.74) is -5.25. The van der Waals surface area contributed by atoms with Gasteiger partial charge in [-0.15, -0.1) is 0 Å². The Morgan fingerprint density at radius 3 is 2.63 bits per heavy atom. The van der Waals surface area contributed by atoms with E-state index in [0.29, 0.717) is 18.4 Å². The third-order valence-electron chi connectivity index (χ3n) is 9.82. The van der Waals surface area contributed by atoms with Crippen LogP contribution in [0.3, 0.4) is 0 Å². The van der Waals surface area contributed by atoms with E-state index in [2.05, 4.69) is 0 Å². The van der Waals surface area contributed by atoms with Gasteiger partial charge in [0.2, 0.25) is 0 Å². The van der Waals surface area contributed by atoms with Crippen LogP contribution >= 0.6 is 0 Å². The highest BCUT2D eigenvalue weighted by Crippen LogP contribution is 2.72. The van der Waals surface area contributed by atoms with Gasteiger partial charge >= 0.3 is 5.97 Å². The van der Waals surface area contributed by atoms with Gasteiger partial charge in [0.15, 0.2) is 28.6 Å². The van der Waals surface area contributed by atoms with Gasteiger partial charge in [-0.25, -0.2) is 4.39 Å². The van der Waals surface area contributed by atoms with Crippen LogP contribution < -0.4 is 0 Å². The molecule has 1 saturated heterocycles. The minimum absolute atomic E-state index is 0.102. The van der Waals surface area contributed by atoms with Gasteiger partial charge in [0.1, 0.15) is 6.61 Å². The van der Waals surface area contributed by atoms with E-state index in [1.54, 1.807) is 26.8 Å². The molecule has 1 heterocycles. The monoisotopic (exact) mass is 492 g/mol. The van der Waals surface area contributed by atoms with Crippen molar-refractivity contribution < 1.29 is 43.2 Å². The predicted molar refractivity (Wildman–Crippen MR) is 120 cm³/mol. The standard InChI is InChI=1S/C26H33FO8/c1-22-8-7-15(29)9-14(22)5-6-16-17-10-20-26(19(31)13-28,23(17,2)11-18(30)25(16,22)27)35-24(3,34-20)12-21(32)33-4/h7-9,16-18,20,28,30H,5-6,10-13H2,1-4H3/t16-,17-,18-,20+,22-,23-,24+,25-,26+/m0/s1. The Balaban J connectivity index is 1.59. The Hall–Kier alpha value is -1.94. The zero-order valence-corrected chi connectivity index (χ0v) is 20.5. The first-order valence-corrected chi connectivity index (χ1v) is 12.2. The molecule has 9 atom stereocenters. The molecule has 1 aliphatic heterocycles. The van der Waals surface area contributed by atoms with E-state index >= 15 is 4.39 Å². The fourth-order valence-corrected chi connectivity index (χ4v) is 8.25. The van der Waals surface area contributed by atoms with Gasteiger partial charge in [-0.05, 0) is 57.6 Å².